The van der Waals surface area contributed by atoms with E-state index in [4.69, 9.17) is 5.73 Å². The molecule has 0 bridgehead atoms. The smallest absolute Gasteiger partial charge is 0.152 e. The van der Waals surface area contributed by atoms with Crippen LogP contribution in [0.25, 0.3) is 5.73 Å². The Kier molecular flexibility index (Phi) is 5.80. The molecule has 8 heteroatoms. The topological polar surface area (TPSA) is 90.3 Å². The zero-order chi connectivity index (χ0) is 15.6. The van der Waals surface area contributed by atoms with E-state index in [0.717, 1.165) is 21.4 Å². The van der Waals surface area contributed by atoms with Crippen LogP contribution in [0.5, 0.6) is 0 Å². The Morgan fingerprint density at radius 1 is 1.17 bits per heavy atom. The Balaban J connectivity index is 0.00000169. The molecule has 24 heavy (non-hydrogen) atoms. The predicted molar refractivity (Wildman–Crippen MR) is 90.4 cm³/mol. The fraction of sp³-hybridized carbons (Fsp3) is 0.188. The Bertz CT molecular complexity index is 815. The molecule has 1 fully saturated rings. The molecule has 1 aliphatic carbocycles. The minimum Gasteiger partial charge on any atom is -0.699 e. The van der Waals surface area contributed by atoms with E-state index in [1.165, 1.54) is 30.3 Å². The van der Waals surface area contributed by atoms with Gasteiger partial charge < -0.3 is 11.1 Å². The van der Waals surface area contributed by atoms with Gasteiger partial charge in [0, 0.05) is 66.6 Å². The first-order valence-electron chi connectivity index (χ1n) is 7.41. The molecule has 0 spiro atoms. The molecule has 6 nitrogen and oxygen atoms in total. The summed E-state index contributed by atoms with van der Waals surface area (Å²) in [5, 5.41) is 19.6. The van der Waals surface area contributed by atoms with Crippen LogP contribution in [0.4, 0.5) is 17.2 Å². The molecule has 119 valence electrons. The molecule has 2 heterocycles. The molecule has 1 aromatic carbocycles. The Morgan fingerprint density at radius 2 is 1.96 bits per heavy atom. The predicted octanol–water partition coefficient (Wildman–Crippen LogP) is 4.66. The second-order valence-corrected chi connectivity index (χ2v) is 6.61. The maximum Gasteiger partial charge on any atom is 0.152 e. The van der Waals surface area contributed by atoms with Gasteiger partial charge >= 0.3 is 0 Å². The maximum atomic E-state index is 7.51. The third-order valence-electron chi connectivity index (χ3n) is 3.60. The zero-order valence-electron chi connectivity index (χ0n) is 12.9. The van der Waals surface area contributed by atoms with Crippen LogP contribution in [-0.2, 0) is 0 Å². The number of nitrogens with zero attached hydrogens (tertiary/aromatic N) is 3. The third kappa shape index (κ3) is 4.50. The van der Waals surface area contributed by atoms with Gasteiger partial charge in [0.2, 0.25) is 0 Å². The van der Waals surface area contributed by atoms with Crippen LogP contribution in [0.2, 0.25) is 0 Å². The van der Waals surface area contributed by atoms with Crippen molar-refractivity contribution < 1.29 is 44.1 Å². The van der Waals surface area contributed by atoms with E-state index < -0.39 is 0 Å². The number of anilines is 2. The van der Waals surface area contributed by atoms with Gasteiger partial charge in [0.1, 0.15) is 5.03 Å². The van der Waals surface area contributed by atoms with Crippen molar-refractivity contribution in [2.24, 2.45) is 0 Å². The summed E-state index contributed by atoms with van der Waals surface area (Å²) in [5.41, 5.74) is 10.1. The number of hydrogen-bond donors (Lipinski definition) is 2. The molecule has 0 aliphatic heterocycles. The van der Waals surface area contributed by atoms with Gasteiger partial charge in [0.15, 0.2) is 5.82 Å². The normalized spacial score (nSPS) is 13.3. The first kappa shape index (κ1) is 17.7. The fourth-order valence-corrected chi connectivity index (χ4v) is 3.05. The van der Waals surface area contributed by atoms with Crippen molar-refractivity contribution in [1.82, 2.24) is 20.4 Å². The number of H-pyrrole nitrogens is 1. The van der Waals surface area contributed by atoms with Crippen LogP contribution >= 0.6 is 11.8 Å². The minimum absolute atomic E-state index is 0. The van der Waals surface area contributed by atoms with Crippen LogP contribution in [0.15, 0.2) is 52.5 Å². The van der Waals surface area contributed by atoms with Gasteiger partial charge in [-0.15, -0.1) is 10.8 Å². The van der Waals surface area contributed by atoms with Crippen molar-refractivity contribution >= 4 is 29.0 Å². The van der Waals surface area contributed by atoms with Gasteiger partial charge in [-0.25, -0.2) is 0 Å². The summed E-state index contributed by atoms with van der Waals surface area (Å²) in [5.74, 6) is 1.45. The first-order valence-corrected chi connectivity index (χ1v) is 8.22. The molecule has 0 amide bonds. The molecular formula is C16H15AcN6S-. The van der Waals surface area contributed by atoms with E-state index >= 15 is 0 Å². The quantitative estimate of drug-likeness (QED) is 0.483. The molecule has 1 aliphatic rings. The van der Waals surface area contributed by atoms with E-state index in [1.54, 1.807) is 18.3 Å². The van der Waals surface area contributed by atoms with Crippen molar-refractivity contribution in [2.75, 3.05) is 5.32 Å². The Labute approximate surface area is 180 Å². The Hall–Kier alpha value is -1.10. The number of aromatic nitrogens is 4. The molecular weight excluding hydrogens is 535 g/mol. The molecule has 3 N–H and O–H groups in total. The number of benzene rings is 1. The van der Waals surface area contributed by atoms with Gasteiger partial charge in [0.05, 0.1) is 11.9 Å². The number of aromatic amines is 1. The first-order chi connectivity index (χ1) is 11.3. The van der Waals surface area contributed by atoms with Crippen molar-refractivity contribution in [3.63, 3.8) is 0 Å². The summed E-state index contributed by atoms with van der Waals surface area (Å²) < 4.78 is 0. The summed E-state index contributed by atoms with van der Waals surface area (Å²) in [6.45, 7) is 0. The van der Waals surface area contributed by atoms with Gasteiger partial charge in [-0.3, -0.25) is 5.10 Å². The van der Waals surface area contributed by atoms with Crippen LogP contribution in [0, 0.1) is 44.1 Å². The van der Waals surface area contributed by atoms with Gasteiger partial charge in [-0.1, -0.05) is 23.9 Å². The van der Waals surface area contributed by atoms with Gasteiger partial charge in [0.25, 0.3) is 0 Å². The maximum absolute atomic E-state index is 7.51. The molecule has 0 saturated heterocycles. The largest absolute Gasteiger partial charge is 0.699 e. The monoisotopic (exact) mass is 550 g/mol. The second-order valence-electron chi connectivity index (χ2n) is 5.52. The van der Waals surface area contributed by atoms with Crippen LogP contribution in [0.1, 0.15) is 24.5 Å². The summed E-state index contributed by atoms with van der Waals surface area (Å²) in [6.07, 6.45) is 4.18. The average Bonchev–Trinajstić information content (AvgIpc) is 3.30. The SMILES string of the molecule is [Ac].[NH-]c1ccc(Sc2cc(Nc3cc(C4CC4)[nH]n3)cnn2)cc1. The van der Waals surface area contributed by atoms with E-state index in [2.05, 4.69) is 31.8 Å². The van der Waals surface area contributed by atoms with Crippen molar-refractivity contribution in [3.8, 4) is 0 Å². The molecule has 1 radical (unpaired) electrons. The summed E-state index contributed by atoms with van der Waals surface area (Å²) in [6, 6.07) is 11.3. The third-order valence-corrected chi connectivity index (χ3v) is 4.51. The van der Waals surface area contributed by atoms with Gasteiger partial charge in [-0.05, 0) is 31.0 Å². The molecule has 1 saturated carbocycles. The van der Waals surface area contributed by atoms with E-state index in [0.29, 0.717) is 11.6 Å². The van der Waals surface area contributed by atoms with E-state index in [1.807, 2.05) is 18.2 Å². The summed E-state index contributed by atoms with van der Waals surface area (Å²) in [7, 11) is 0. The summed E-state index contributed by atoms with van der Waals surface area (Å²) in [4.78, 5) is 1.03. The van der Waals surface area contributed by atoms with Crippen molar-refractivity contribution in [3.05, 3.63) is 54.0 Å². The zero-order valence-corrected chi connectivity index (χ0v) is 18.4. The van der Waals surface area contributed by atoms with Crippen molar-refractivity contribution in [2.45, 2.75) is 28.7 Å². The molecule has 0 atom stereocenters. The molecule has 0 unspecified atom stereocenters. The Morgan fingerprint density at radius 3 is 2.71 bits per heavy atom. The minimum atomic E-state index is 0. The van der Waals surface area contributed by atoms with Crippen LogP contribution in [0.3, 0.4) is 0 Å². The van der Waals surface area contributed by atoms with Crippen LogP contribution < -0.4 is 5.32 Å². The van der Waals surface area contributed by atoms with Gasteiger partial charge in [-0.2, -0.15) is 10.2 Å². The number of hydrogen-bond acceptors (Lipinski definition) is 5. The summed E-state index contributed by atoms with van der Waals surface area (Å²) >= 11 is 1.52. The van der Waals surface area contributed by atoms with Crippen LogP contribution in [-0.4, -0.2) is 20.4 Å². The standard InChI is InChI=1S/C16H15N6S.Ac/c17-11-3-5-13(6-4-11)23-16-7-12(9-18-22-16)19-15-8-14(20-21-15)10-1-2-10;/h3-10,17H,1-2H2,(H2,19,20,21,22);/q-1;. The molecule has 3 aromatic rings. The second kappa shape index (κ2) is 7.85. The molecule has 4 rings (SSSR count). The van der Waals surface area contributed by atoms with Crippen molar-refractivity contribution in [1.29, 1.82) is 0 Å². The number of nitrogens with one attached hydrogen (secondary N) is 3. The number of rotatable bonds is 5. The molecule has 2 aromatic heterocycles. The van der Waals surface area contributed by atoms with E-state index in [-0.39, 0.29) is 44.1 Å². The average molecular weight is 550 g/mol. The fourth-order valence-electron chi connectivity index (χ4n) is 2.26. The van der Waals surface area contributed by atoms with E-state index in [9.17, 15) is 0 Å².